The number of Topliss-reactive ketones (excluding diaryl/α,β-unsaturated/α-hetero) is 1. The Morgan fingerprint density at radius 1 is 1.10 bits per heavy atom. The van der Waals surface area contributed by atoms with Gasteiger partial charge in [0.05, 0.1) is 12.0 Å². The van der Waals surface area contributed by atoms with E-state index in [1.807, 2.05) is 67.6 Å². The number of benzene rings is 2. The van der Waals surface area contributed by atoms with Gasteiger partial charge in [0.15, 0.2) is 5.78 Å². The second-order valence-electron chi connectivity index (χ2n) is 8.66. The Labute approximate surface area is 177 Å². The van der Waals surface area contributed by atoms with Crippen LogP contribution in [0.25, 0.3) is 6.08 Å². The van der Waals surface area contributed by atoms with Crippen molar-refractivity contribution < 1.29 is 14.3 Å². The average Bonchev–Trinajstić information content (AvgIpc) is 3.16. The fourth-order valence-corrected chi connectivity index (χ4v) is 6.09. The van der Waals surface area contributed by atoms with E-state index in [1.54, 1.807) is 0 Å². The van der Waals surface area contributed by atoms with Gasteiger partial charge in [-0.25, -0.2) is 4.79 Å². The van der Waals surface area contributed by atoms with Crippen LogP contribution in [0.4, 0.5) is 0 Å². The van der Waals surface area contributed by atoms with E-state index in [2.05, 4.69) is 19.1 Å². The molecule has 0 radical (unpaired) electrons. The van der Waals surface area contributed by atoms with Crippen molar-refractivity contribution >= 4 is 17.8 Å². The molecule has 0 N–H and O–H groups in total. The number of ether oxygens (including phenoxy) is 1. The first-order chi connectivity index (χ1) is 14.6. The largest absolute Gasteiger partial charge is 0.463 e. The van der Waals surface area contributed by atoms with E-state index in [1.165, 1.54) is 0 Å². The molecule has 3 aliphatic carbocycles. The van der Waals surface area contributed by atoms with Crippen LogP contribution in [0.3, 0.4) is 0 Å². The summed E-state index contributed by atoms with van der Waals surface area (Å²) < 4.78 is 5.42. The fraction of sp³-hybridized carbons (Fsp3) is 0.333. The number of ketones is 1. The molecule has 0 amide bonds. The molecule has 2 fully saturated rings. The van der Waals surface area contributed by atoms with Crippen LogP contribution in [-0.2, 0) is 14.3 Å². The summed E-state index contributed by atoms with van der Waals surface area (Å²) in [7, 11) is 0. The van der Waals surface area contributed by atoms with Crippen molar-refractivity contribution in [2.24, 2.45) is 23.2 Å². The lowest BCUT2D eigenvalue weighted by molar-refractivity contribution is -0.142. The van der Waals surface area contributed by atoms with Gasteiger partial charge in [-0.1, -0.05) is 73.7 Å². The van der Waals surface area contributed by atoms with Crippen molar-refractivity contribution in [3.63, 3.8) is 0 Å². The van der Waals surface area contributed by atoms with Crippen LogP contribution in [0.15, 0.2) is 77.9 Å². The Balaban J connectivity index is 1.66. The molecule has 2 saturated carbocycles. The molecule has 1 unspecified atom stereocenters. The zero-order valence-corrected chi connectivity index (χ0v) is 17.4. The average molecular weight is 399 g/mol. The molecule has 3 aliphatic rings. The van der Waals surface area contributed by atoms with Crippen molar-refractivity contribution in [1.29, 1.82) is 0 Å². The SMILES string of the molecule is CCOC(=O)C1=CCC(c2ccccc2)[C@@]12C(=O)/C(=C/c1ccccc1)[C@@H]1[C@@H](C)[C@@H]12. The molecule has 0 saturated heterocycles. The van der Waals surface area contributed by atoms with Crippen LogP contribution in [0.5, 0.6) is 0 Å². The summed E-state index contributed by atoms with van der Waals surface area (Å²) >= 11 is 0. The van der Waals surface area contributed by atoms with Crippen LogP contribution in [0.2, 0.25) is 0 Å². The molecule has 5 atom stereocenters. The van der Waals surface area contributed by atoms with Crippen LogP contribution in [0.1, 0.15) is 37.3 Å². The fourth-order valence-electron chi connectivity index (χ4n) is 6.09. The lowest BCUT2D eigenvalue weighted by Crippen LogP contribution is -2.40. The summed E-state index contributed by atoms with van der Waals surface area (Å²) in [6.07, 6.45) is 4.71. The summed E-state index contributed by atoms with van der Waals surface area (Å²) in [6.45, 7) is 4.34. The Morgan fingerprint density at radius 3 is 2.43 bits per heavy atom. The summed E-state index contributed by atoms with van der Waals surface area (Å²) in [4.78, 5) is 27.1. The second kappa shape index (κ2) is 7.09. The summed E-state index contributed by atoms with van der Waals surface area (Å²) in [5.74, 6) is 0.501. The smallest absolute Gasteiger partial charge is 0.334 e. The standard InChI is InChI=1S/C27H26O3/c1-3-30-26(29)22-15-14-21(19-12-8-5-9-13-19)27(22)24-17(2)23(24)20(25(27)28)16-18-10-6-4-7-11-18/h4-13,15-17,21,23-24H,3,14H2,1-2H3/b20-16+/t17-,21?,23+,24+,27-/m1/s1. The molecule has 1 spiro atoms. The van der Waals surface area contributed by atoms with Crippen molar-refractivity contribution in [3.05, 3.63) is 89.0 Å². The molecular formula is C27H26O3. The van der Waals surface area contributed by atoms with E-state index in [0.29, 0.717) is 24.5 Å². The van der Waals surface area contributed by atoms with Crippen LogP contribution >= 0.6 is 0 Å². The molecule has 152 valence electrons. The molecule has 3 nitrogen and oxygen atoms in total. The first-order valence-electron chi connectivity index (χ1n) is 10.8. The van der Waals surface area contributed by atoms with Gasteiger partial charge < -0.3 is 4.74 Å². The summed E-state index contributed by atoms with van der Waals surface area (Å²) in [6, 6.07) is 20.2. The summed E-state index contributed by atoms with van der Waals surface area (Å²) in [5, 5.41) is 0. The maximum Gasteiger partial charge on any atom is 0.334 e. The van der Waals surface area contributed by atoms with E-state index in [-0.39, 0.29) is 29.5 Å². The quantitative estimate of drug-likeness (QED) is 0.525. The Morgan fingerprint density at radius 2 is 1.77 bits per heavy atom. The van der Waals surface area contributed by atoms with Crippen molar-refractivity contribution in [2.45, 2.75) is 26.2 Å². The molecule has 0 aromatic heterocycles. The maximum atomic E-state index is 14.1. The number of esters is 1. The highest BCUT2D eigenvalue weighted by Crippen LogP contribution is 2.75. The van der Waals surface area contributed by atoms with E-state index < -0.39 is 5.41 Å². The second-order valence-corrected chi connectivity index (χ2v) is 8.66. The number of hydrogen-bond acceptors (Lipinski definition) is 3. The van der Waals surface area contributed by atoms with Crippen LogP contribution in [0, 0.1) is 23.2 Å². The third-order valence-electron chi connectivity index (χ3n) is 7.27. The molecule has 2 aromatic rings. The highest BCUT2D eigenvalue weighted by molar-refractivity contribution is 6.15. The van der Waals surface area contributed by atoms with Crippen molar-refractivity contribution in [2.75, 3.05) is 6.61 Å². The van der Waals surface area contributed by atoms with E-state index in [0.717, 1.165) is 16.7 Å². The van der Waals surface area contributed by atoms with E-state index in [4.69, 9.17) is 4.74 Å². The minimum Gasteiger partial charge on any atom is -0.463 e. The number of allylic oxidation sites excluding steroid dienone is 2. The molecule has 0 bridgehead atoms. The normalized spacial score (nSPS) is 32.9. The van der Waals surface area contributed by atoms with Crippen molar-refractivity contribution in [3.8, 4) is 0 Å². The third kappa shape index (κ3) is 2.57. The lowest BCUT2D eigenvalue weighted by Gasteiger charge is -2.35. The number of fused-ring (bicyclic) bond motifs is 2. The first kappa shape index (κ1) is 19.0. The monoisotopic (exact) mass is 398 g/mol. The Bertz CT molecular complexity index is 1050. The van der Waals surface area contributed by atoms with Gasteiger partial charge >= 0.3 is 5.97 Å². The van der Waals surface area contributed by atoms with Gasteiger partial charge in [0, 0.05) is 17.1 Å². The Hall–Kier alpha value is -2.94. The van der Waals surface area contributed by atoms with E-state index >= 15 is 0 Å². The minimum absolute atomic E-state index is 0.0234. The molecule has 0 aliphatic heterocycles. The molecular weight excluding hydrogens is 372 g/mol. The number of carbonyl (C=O) groups is 2. The number of rotatable bonds is 4. The molecule has 3 heteroatoms. The zero-order chi connectivity index (χ0) is 20.9. The number of hydrogen-bond donors (Lipinski definition) is 0. The molecule has 2 aromatic carbocycles. The highest BCUT2D eigenvalue weighted by atomic mass is 16.5. The lowest BCUT2D eigenvalue weighted by atomic mass is 9.65. The third-order valence-corrected chi connectivity index (χ3v) is 7.27. The first-order valence-corrected chi connectivity index (χ1v) is 10.8. The van der Waals surface area contributed by atoms with E-state index in [9.17, 15) is 9.59 Å². The van der Waals surface area contributed by atoms with Gasteiger partial charge in [0.1, 0.15) is 0 Å². The van der Waals surface area contributed by atoms with Gasteiger partial charge in [-0.15, -0.1) is 0 Å². The molecule has 5 rings (SSSR count). The zero-order valence-electron chi connectivity index (χ0n) is 17.4. The summed E-state index contributed by atoms with van der Waals surface area (Å²) in [5.41, 5.74) is 2.81. The van der Waals surface area contributed by atoms with Gasteiger partial charge in [0.25, 0.3) is 0 Å². The van der Waals surface area contributed by atoms with Gasteiger partial charge in [-0.3, -0.25) is 4.79 Å². The van der Waals surface area contributed by atoms with Gasteiger partial charge in [0.2, 0.25) is 0 Å². The Kier molecular flexibility index (Phi) is 4.50. The van der Waals surface area contributed by atoms with Gasteiger partial charge in [-0.05, 0) is 48.3 Å². The topological polar surface area (TPSA) is 43.4 Å². The maximum absolute atomic E-state index is 14.1. The molecule has 0 heterocycles. The highest BCUT2D eigenvalue weighted by Gasteiger charge is 2.75. The minimum atomic E-state index is -0.807. The van der Waals surface area contributed by atoms with Crippen LogP contribution < -0.4 is 0 Å². The van der Waals surface area contributed by atoms with Gasteiger partial charge in [-0.2, -0.15) is 0 Å². The predicted molar refractivity (Wildman–Crippen MR) is 117 cm³/mol. The van der Waals surface area contributed by atoms with Crippen LogP contribution in [-0.4, -0.2) is 18.4 Å². The van der Waals surface area contributed by atoms with Crippen molar-refractivity contribution in [1.82, 2.24) is 0 Å². The predicted octanol–water partition coefficient (Wildman–Crippen LogP) is 5.20. The molecule has 30 heavy (non-hydrogen) atoms. The number of carbonyl (C=O) groups excluding carboxylic acids is 2.